The number of hydrogen-bond acceptors (Lipinski definition) is 4. The largest absolute Gasteiger partial charge is 0.452 e. The van der Waals surface area contributed by atoms with Gasteiger partial charge in [0, 0.05) is 0 Å². The quantitative estimate of drug-likeness (QED) is 0.778. The molecule has 0 aromatic carbocycles. The number of ether oxygens (including phenoxy) is 1. The van der Waals surface area contributed by atoms with Gasteiger partial charge in [-0.2, -0.15) is 0 Å². The molecule has 120 valence electrons. The van der Waals surface area contributed by atoms with Crippen LogP contribution in [-0.2, 0) is 14.3 Å². The Hall–Kier alpha value is -1.59. The Bertz CT molecular complexity index is 406. The highest BCUT2D eigenvalue weighted by atomic mass is 16.5. The van der Waals surface area contributed by atoms with Crippen molar-refractivity contribution in [3.63, 3.8) is 0 Å². The third-order valence-corrected chi connectivity index (χ3v) is 4.19. The minimum atomic E-state index is -1.01. The van der Waals surface area contributed by atoms with Gasteiger partial charge in [-0.05, 0) is 43.9 Å². The molecule has 1 aliphatic carbocycles. The number of carbonyl (C=O) groups excluding carboxylic acids is 3. The summed E-state index contributed by atoms with van der Waals surface area (Å²) in [6.07, 6.45) is 2.54. The first-order valence-corrected chi connectivity index (χ1v) is 7.42. The number of esters is 1. The Kier molecular flexibility index (Phi) is 5.75. The smallest absolute Gasteiger partial charge is 0.318 e. The maximum absolute atomic E-state index is 12.0. The van der Waals surface area contributed by atoms with Gasteiger partial charge in [0.2, 0.25) is 0 Å². The summed E-state index contributed by atoms with van der Waals surface area (Å²) in [5.74, 6) is -0.613. The second kappa shape index (κ2) is 6.91. The van der Waals surface area contributed by atoms with E-state index in [1.165, 1.54) is 6.92 Å². The van der Waals surface area contributed by atoms with Crippen LogP contribution < -0.4 is 11.1 Å². The van der Waals surface area contributed by atoms with E-state index in [9.17, 15) is 14.4 Å². The molecule has 1 saturated carbocycles. The van der Waals surface area contributed by atoms with E-state index in [0.29, 0.717) is 5.92 Å². The third-order valence-electron chi connectivity index (χ3n) is 4.19. The Balaban J connectivity index is 2.44. The average Bonchev–Trinajstić information content (AvgIpc) is 2.36. The number of rotatable bonds is 3. The van der Waals surface area contributed by atoms with Crippen molar-refractivity contribution in [2.45, 2.75) is 59.5 Å². The van der Waals surface area contributed by atoms with E-state index < -0.39 is 18.0 Å². The number of hydrogen-bond donors (Lipinski definition) is 2. The van der Waals surface area contributed by atoms with Gasteiger partial charge in [0.05, 0.1) is 5.92 Å². The zero-order chi connectivity index (χ0) is 16.2. The second-order valence-electron chi connectivity index (χ2n) is 6.85. The fraction of sp³-hybridized carbons (Fsp3) is 0.800. The molecular formula is C15H26N2O4. The van der Waals surface area contributed by atoms with Gasteiger partial charge in [-0.1, -0.05) is 20.8 Å². The fourth-order valence-electron chi connectivity index (χ4n) is 2.74. The molecule has 21 heavy (non-hydrogen) atoms. The average molecular weight is 298 g/mol. The van der Waals surface area contributed by atoms with Crippen LogP contribution in [0.15, 0.2) is 0 Å². The number of nitrogens with two attached hydrogens (primary N) is 1. The standard InChI is InChI=1S/C15H26N2O4/c1-9(12(18)17-14(16)20)21-13(19)10-5-7-11(8-6-10)15(2,3)4/h9-11H,5-8H2,1-4H3,(H3,16,17,18,20)/t9-,10?,11?/m0/s1. The molecule has 0 saturated heterocycles. The Morgan fingerprint density at radius 2 is 1.67 bits per heavy atom. The van der Waals surface area contributed by atoms with Crippen molar-refractivity contribution in [1.29, 1.82) is 0 Å². The van der Waals surface area contributed by atoms with Gasteiger partial charge in [0.1, 0.15) is 0 Å². The van der Waals surface area contributed by atoms with Gasteiger partial charge < -0.3 is 10.5 Å². The number of urea groups is 1. The van der Waals surface area contributed by atoms with Gasteiger partial charge in [0.15, 0.2) is 6.10 Å². The van der Waals surface area contributed by atoms with Gasteiger partial charge in [-0.15, -0.1) is 0 Å². The number of primary amides is 1. The van der Waals surface area contributed by atoms with Crippen molar-refractivity contribution in [3.05, 3.63) is 0 Å². The molecule has 0 aromatic heterocycles. The van der Waals surface area contributed by atoms with Crippen molar-refractivity contribution in [1.82, 2.24) is 5.32 Å². The molecule has 0 spiro atoms. The highest BCUT2D eigenvalue weighted by molar-refractivity contribution is 5.96. The summed E-state index contributed by atoms with van der Waals surface area (Å²) in [5.41, 5.74) is 5.10. The van der Waals surface area contributed by atoms with E-state index in [-0.39, 0.29) is 17.3 Å². The van der Waals surface area contributed by atoms with Crippen molar-refractivity contribution < 1.29 is 19.1 Å². The number of amides is 3. The van der Waals surface area contributed by atoms with Crippen LogP contribution in [0, 0.1) is 17.3 Å². The lowest BCUT2D eigenvalue weighted by molar-refractivity contribution is -0.160. The van der Waals surface area contributed by atoms with Crippen molar-refractivity contribution >= 4 is 17.9 Å². The predicted molar refractivity (Wildman–Crippen MR) is 78.2 cm³/mol. The maximum Gasteiger partial charge on any atom is 0.318 e. The van der Waals surface area contributed by atoms with Crippen LogP contribution in [0.2, 0.25) is 0 Å². The van der Waals surface area contributed by atoms with Gasteiger partial charge in [-0.3, -0.25) is 14.9 Å². The van der Waals surface area contributed by atoms with E-state index in [4.69, 9.17) is 10.5 Å². The molecule has 0 aromatic rings. The predicted octanol–water partition coefficient (Wildman–Crippen LogP) is 1.97. The molecule has 0 aliphatic heterocycles. The Morgan fingerprint density at radius 3 is 2.10 bits per heavy atom. The van der Waals surface area contributed by atoms with E-state index in [2.05, 4.69) is 20.8 Å². The monoisotopic (exact) mass is 298 g/mol. The summed E-state index contributed by atoms with van der Waals surface area (Å²) in [6, 6.07) is -0.950. The zero-order valence-electron chi connectivity index (χ0n) is 13.3. The molecule has 0 heterocycles. The molecule has 0 radical (unpaired) electrons. The highest BCUT2D eigenvalue weighted by Gasteiger charge is 2.34. The molecule has 6 heteroatoms. The third kappa shape index (κ3) is 5.36. The van der Waals surface area contributed by atoms with Crippen LogP contribution in [0.3, 0.4) is 0 Å². The van der Waals surface area contributed by atoms with Crippen LogP contribution in [0.5, 0.6) is 0 Å². The van der Waals surface area contributed by atoms with Gasteiger partial charge in [-0.25, -0.2) is 4.79 Å². The first kappa shape index (κ1) is 17.5. The lowest BCUT2D eigenvalue weighted by atomic mass is 9.70. The summed E-state index contributed by atoms with van der Waals surface area (Å²) in [4.78, 5) is 34.1. The SMILES string of the molecule is C[C@H](OC(=O)C1CCC(C(C)(C)C)CC1)C(=O)NC(N)=O. The zero-order valence-corrected chi connectivity index (χ0v) is 13.3. The highest BCUT2D eigenvalue weighted by Crippen LogP contribution is 2.40. The summed E-state index contributed by atoms with van der Waals surface area (Å²) >= 11 is 0. The molecule has 1 aliphatic rings. The molecule has 6 nitrogen and oxygen atoms in total. The van der Waals surface area contributed by atoms with E-state index in [1.807, 2.05) is 5.32 Å². The minimum Gasteiger partial charge on any atom is -0.452 e. The molecule has 0 bridgehead atoms. The number of carbonyl (C=O) groups is 3. The van der Waals surface area contributed by atoms with Crippen LogP contribution in [-0.4, -0.2) is 24.0 Å². The lowest BCUT2D eigenvalue weighted by Crippen LogP contribution is -2.43. The fourth-order valence-corrected chi connectivity index (χ4v) is 2.74. The van der Waals surface area contributed by atoms with E-state index in [1.54, 1.807) is 0 Å². The molecule has 1 atom stereocenters. The first-order chi connectivity index (χ1) is 9.61. The van der Waals surface area contributed by atoms with Crippen LogP contribution in [0.4, 0.5) is 4.79 Å². The van der Waals surface area contributed by atoms with Crippen molar-refractivity contribution in [2.24, 2.45) is 23.0 Å². The number of imide groups is 1. The molecule has 1 fully saturated rings. The number of nitrogens with one attached hydrogen (secondary N) is 1. The summed E-state index contributed by atoms with van der Waals surface area (Å²) in [6.45, 7) is 8.07. The molecule has 3 amide bonds. The minimum absolute atomic E-state index is 0.160. The Labute approximate surface area is 125 Å². The van der Waals surface area contributed by atoms with Gasteiger partial charge in [0.25, 0.3) is 5.91 Å². The van der Waals surface area contributed by atoms with Gasteiger partial charge >= 0.3 is 12.0 Å². The van der Waals surface area contributed by atoms with Crippen molar-refractivity contribution in [2.75, 3.05) is 0 Å². The Morgan fingerprint density at radius 1 is 1.14 bits per heavy atom. The van der Waals surface area contributed by atoms with Crippen LogP contribution >= 0.6 is 0 Å². The van der Waals surface area contributed by atoms with Crippen LogP contribution in [0.25, 0.3) is 0 Å². The summed E-state index contributed by atoms with van der Waals surface area (Å²) in [5, 5.41) is 1.90. The molecule has 1 rings (SSSR count). The van der Waals surface area contributed by atoms with Crippen LogP contribution in [0.1, 0.15) is 53.4 Å². The maximum atomic E-state index is 12.0. The molecular weight excluding hydrogens is 272 g/mol. The topological polar surface area (TPSA) is 98.5 Å². The summed E-state index contributed by atoms with van der Waals surface area (Å²) in [7, 11) is 0. The van der Waals surface area contributed by atoms with E-state index in [0.717, 1.165) is 25.7 Å². The lowest BCUT2D eigenvalue weighted by Gasteiger charge is -2.36. The molecule has 0 unspecified atom stereocenters. The normalized spacial score (nSPS) is 24.0. The molecule has 3 N–H and O–H groups in total. The second-order valence-corrected chi connectivity index (χ2v) is 6.85. The summed E-state index contributed by atoms with van der Waals surface area (Å²) < 4.78 is 5.11. The first-order valence-electron chi connectivity index (χ1n) is 7.42. The van der Waals surface area contributed by atoms with E-state index >= 15 is 0 Å². The van der Waals surface area contributed by atoms with Crippen molar-refractivity contribution in [3.8, 4) is 0 Å².